The second kappa shape index (κ2) is 3.52. The van der Waals surface area contributed by atoms with Crippen LogP contribution < -0.4 is 4.74 Å². The molecular formula is C13H12O4. The highest BCUT2D eigenvalue weighted by Crippen LogP contribution is 2.41. The third kappa shape index (κ3) is 1.48. The van der Waals surface area contributed by atoms with Gasteiger partial charge in [-0.2, -0.15) is 0 Å². The third-order valence-electron chi connectivity index (χ3n) is 3.27. The minimum Gasteiger partial charge on any atom is -0.504 e. The minimum absolute atomic E-state index is 0.0900. The van der Waals surface area contributed by atoms with E-state index in [0.29, 0.717) is 5.75 Å². The molecule has 1 aromatic carbocycles. The molecule has 4 nitrogen and oxygen atoms in total. The number of hydrogen-bond donors (Lipinski definition) is 1. The number of ether oxygens (including phenoxy) is 2. The molecule has 1 heterocycles. The van der Waals surface area contributed by atoms with E-state index in [4.69, 9.17) is 9.47 Å². The van der Waals surface area contributed by atoms with Crippen molar-refractivity contribution in [2.75, 3.05) is 7.11 Å². The van der Waals surface area contributed by atoms with Crippen LogP contribution in [0.1, 0.15) is 17.5 Å². The van der Waals surface area contributed by atoms with Crippen molar-refractivity contribution in [1.29, 1.82) is 0 Å². The van der Waals surface area contributed by atoms with E-state index in [0.717, 1.165) is 29.5 Å². The Bertz CT molecular complexity index is 530. The van der Waals surface area contributed by atoms with Crippen LogP contribution >= 0.6 is 0 Å². The van der Waals surface area contributed by atoms with E-state index in [1.165, 1.54) is 13.2 Å². The van der Waals surface area contributed by atoms with E-state index < -0.39 is 0 Å². The molecule has 1 aliphatic carbocycles. The van der Waals surface area contributed by atoms with Crippen LogP contribution in [0.15, 0.2) is 18.2 Å². The number of benzene rings is 1. The van der Waals surface area contributed by atoms with Gasteiger partial charge in [0.15, 0.2) is 11.5 Å². The molecule has 0 unspecified atom stereocenters. The van der Waals surface area contributed by atoms with Crippen LogP contribution in [0.3, 0.4) is 0 Å². The number of methoxy groups -OCH3 is 1. The molecule has 4 heteroatoms. The Morgan fingerprint density at radius 2 is 2.29 bits per heavy atom. The number of hydrogen-bond acceptors (Lipinski definition) is 4. The molecule has 88 valence electrons. The van der Waals surface area contributed by atoms with E-state index in [2.05, 4.69) is 0 Å². The lowest BCUT2D eigenvalue weighted by Gasteiger charge is -2.23. The van der Waals surface area contributed by atoms with Crippen LogP contribution in [0.2, 0.25) is 0 Å². The molecule has 0 spiro atoms. The summed E-state index contributed by atoms with van der Waals surface area (Å²) in [7, 11) is 1.52. The first kappa shape index (κ1) is 10.2. The fraction of sp³-hybridized carbons (Fsp3) is 0.308. The van der Waals surface area contributed by atoms with E-state index >= 15 is 0 Å². The van der Waals surface area contributed by atoms with Crippen molar-refractivity contribution in [1.82, 2.24) is 0 Å². The molecule has 0 saturated carbocycles. The van der Waals surface area contributed by atoms with Crippen molar-refractivity contribution in [3.05, 3.63) is 29.3 Å². The Labute approximate surface area is 98.5 Å². The summed E-state index contributed by atoms with van der Waals surface area (Å²) in [4.78, 5) is 11.2. The Kier molecular flexibility index (Phi) is 2.11. The van der Waals surface area contributed by atoms with Crippen molar-refractivity contribution in [2.45, 2.75) is 18.9 Å². The molecule has 3 rings (SSSR count). The highest BCUT2D eigenvalue weighted by atomic mass is 16.5. The molecule has 1 N–H and O–H groups in total. The Hall–Kier alpha value is -1.97. The van der Waals surface area contributed by atoms with E-state index in [9.17, 15) is 9.90 Å². The van der Waals surface area contributed by atoms with E-state index in [1.807, 2.05) is 6.07 Å². The second-order valence-corrected chi connectivity index (χ2v) is 4.25. The summed E-state index contributed by atoms with van der Waals surface area (Å²) in [5.41, 5.74) is 2.85. The Balaban J connectivity index is 2.14. The van der Waals surface area contributed by atoms with Gasteiger partial charge in [-0.15, -0.1) is 0 Å². The second-order valence-electron chi connectivity index (χ2n) is 4.25. The van der Waals surface area contributed by atoms with Gasteiger partial charge >= 0.3 is 5.97 Å². The lowest BCUT2D eigenvalue weighted by molar-refractivity contribution is -0.138. The number of esters is 1. The topological polar surface area (TPSA) is 55.8 Å². The number of aryl methyl sites for hydroxylation is 1. The summed E-state index contributed by atoms with van der Waals surface area (Å²) >= 11 is 0. The normalized spacial score (nSPS) is 21.4. The standard InChI is InChI=1S/C13H12O4/c1-16-12-4-7-2-3-11-9(6-13(15)17-11)8(7)5-10(12)14/h4-6,11,14H,2-3H2,1H3/t11-/m0/s1. The SMILES string of the molecule is COc1cc2c(cc1O)C1=CC(=O)O[C@H]1CC2. The molecule has 1 aromatic rings. The quantitative estimate of drug-likeness (QED) is 0.748. The van der Waals surface area contributed by atoms with Crippen molar-refractivity contribution >= 4 is 11.5 Å². The molecule has 0 aromatic heterocycles. The summed E-state index contributed by atoms with van der Waals surface area (Å²) in [5.74, 6) is 0.258. The maximum Gasteiger partial charge on any atom is 0.331 e. The van der Waals surface area contributed by atoms with Gasteiger partial charge in [0.1, 0.15) is 6.10 Å². The molecular weight excluding hydrogens is 220 g/mol. The van der Waals surface area contributed by atoms with Crippen LogP contribution in [-0.2, 0) is 16.0 Å². The van der Waals surface area contributed by atoms with Crippen molar-refractivity contribution in [2.24, 2.45) is 0 Å². The van der Waals surface area contributed by atoms with Crippen molar-refractivity contribution in [3.63, 3.8) is 0 Å². The number of carbonyl (C=O) groups excluding carboxylic acids is 1. The molecule has 2 aliphatic rings. The van der Waals surface area contributed by atoms with Crippen LogP contribution in [0.5, 0.6) is 11.5 Å². The first-order chi connectivity index (χ1) is 8.19. The Morgan fingerprint density at radius 3 is 3.06 bits per heavy atom. The Morgan fingerprint density at radius 1 is 1.47 bits per heavy atom. The van der Waals surface area contributed by atoms with Gasteiger partial charge in [-0.05, 0) is 36.1 Å². The molecule has 0 saturated heterocycles. The lowest BCUT2D eigenvalue weighted by atomic mass is 9.85. The highest BCUT2D eigenvalue weighted by molar-refractivity contribution is 5.98. The number of rotatable bonds is 1. The van der Waals surface area contributed by atoms with Gasteiger partial charge in [0.2, 0.25) is 0 Å². The fourth-order valence-electron chi connectivity index (χ4n) is 2.46. The zero-order valence-corrected chi connectivity index (χ0v) is 9.40. The van der Waals surface area contributed by atoms with Crippen molar-refractivity contribution in [3.8, 4) is 11.5 Å². The number of phenols is 1. The smallest absolute Gasteiger partial charge is 0.331 e. The van der Waals surface area contributed by atoms with Crippen LogP contribution in [0, 0.1) is 0 Å². The van der Waals surface area contributed by atoms with E-state index in [-0.39, 0.29) is 17.8 Å². The number of fused-ring (bicyclic) bond motifs is 3. The van der Waals surface area contributed by atoms with Gasteiger partial charge < -0.3 is 14.6 Å². The molecule has 1 aliphatic heterocycles. The predicted octanol–water partition coefficient (Wildman–Crippen LogP) is 1.66. The molecule has 17 heavy (non-hydrogen) atoms. The van der Waals surface area contributed by atoms with Crippen LogP contribution in [0.4, 0.5) is 0 Å². The molecule has 0 amide bonds. The van der Waals surface area contributed by atoms with Gasteiger partial charge in [-0.1, -0.05) is 0 Å². The predicted molar refractivity (Wildman–Crippen MR) is 60.8 cm³/mol. The van der Waals surface area contributed by atoms with E-state index in [1.54, 1.807) is 6.07 Å². The van der Waals surface area contributed by atoms with Gasteiger partial charge in [0.05, 0.1) is 7.11 Å². The molecule has 0 bridgehead atoms. The maximum absolute atomic E-state index is 11.2. The number of phenolic OH excluding ortho intramolecular Hbond substituents is 1. The van der Waals surface area contributed by atoms with Gasteiger partial charge in [0, 0.05) is 11.6 Å². The first-order valence-electron chi connectivity index (χ1n) is 5.51. The van der Waals surface area contributed by atoms with Crippen molar-refractivity contribution < 1.29 is 19.4 Å². The third-order valence-corrected chi connectivity index (χ3v) is 3.27. The zero-order chi connectivity index (χ0) is 12.0. The number of aromatic hydroxyl groups is 1. The molecule has 1 atom stereocenters. The minimum atomic E-state index is -0.298. The van der Waals surface area contributed by atoms with Crippen LogP contribution in [0.25, 0.3) is 5.57 Å². The van der Waals surface area contributed by atoms with Crippen LogP contribution in [-0.4, -0.2) is 24.3 Å². The molecule has 0 fully saturated rings. The van der Waals surface area contributed by atoms with Gasteiger partial charge in [0.25, 0.3) is 0 Å². The summed E-state index contributed by atoms with van der Waals surface area (Å²) < 4.78 is 10.2. The summed E-state index contributed by atoms with van der Waals surface area (Å²) in [5, 5.41) is 9.77. The molecule has 0 radical (unpaired) electrons. The summed E-state index contributed by atoms with van der Waals surface area (Å²) in [6.45, 7) is 0. The number of carbonyl (C=O) groups is 1. The fourth-order valence-corrected chi connectivity index (χ4v) is 2.46. The monoisotopic (exact) mass is 232 g/mol. The highest BCUT2D eigenvalue weighted by Gasteiger charge is 2.32. The average Bonchev–Trinajstić information content (AvgIpc) is 2.69. The largest absolute Gasteiger partial charge is 0.504 e. The van der Waals surface area contributed by atoms with Gasteiger partial charge in [-0.25, -0.2) is 4.79 Å². The van der Waals surface area contributed by atoms with Gasteiger partial charge in [-0.3, -0.25) is 0 Å². The summed E-state index contributed by atoms with van der Waals surface area (Å²) in [6, 6.07) is 3.47. The first-order valence-corrected chi connectivity index (χ1v) is 5.51. The lowest BCUT2D eigenvalue weighted by Crippen LogP contribution is -2.18. The average molecular weight is 232 g/mol. The zero-order valence-electron chi connectivity index (χ0n) is 9.40. The summed E-state index contributed by atoms with van der Waals surface area (Å²) in [6.07, 6.45) is 2.97. The maximum atomic E-state index is 11.2.